The summed E-state index contributed by atoms with van der Waals surface area (Å²) in [6, 6.07) is 0. The number of methoxy groups -OCH3 is 1. The van der Waals surface area contributed by atoms with Crippen LogP contribution in [-0.2, 0) is 9.53 Å². The van der Waals surface area contributed by atoms with Crippen molar-refractivity contribution in [3.8, 4) is 0 Å². The second-order valence-electron chi connectivity index (χ2n) is 4.43. The summed E-state index contributed by atoms with van der Waals surface area (Å²) in [7, 11) is 1.39. The fourth-order valence-corrected chi connectivity index (χ4v) is 1.91. The maximum absolute atomic E-state index is 11.5. The van der Waals surface area contributed by atoms with E-state index in [1.807, 2.05) is 6.08 Å². The van der Waals surface area contributed by atoms with Crippen LogP contribution in [0.15, 0.2) is 23.3 Å². The van der Waals surface area contributed by atoms with Crippen molar-refractivity contribution in [1.29, 1.82) is 0 Å². The summed E-state index contributed by atoms with van der Waals surface area (Å²) < 4.78 is 4.72. The molecule has 0 aromatic rings. The van der Waals surface area contributed by atoms with Crippen LogP contribution in [0.5, 0.6) is 0 Å². The predicted octanol–water partition coefficient (Wildman–Crippen LogP) is 2.07. The quantitative estimate of drug-likeness (QED) is 0.589. The first-order valence-corrected chi connectivity index (χ1v) is 5.69. The molecule has 0 radical (unpaired) electrons. The first-order chi connectivity index (χ1) is 7.58. The number of carbonyl (C=O) groups excluding carboxylic acids is 1. The third kappa shape index (κ3) is 3.20. The number of hydrogen-bond acceptors (Lipinski definition) is 3. The molecule has 0 bridgehead atoms. The van der Waals surface area contributed by atoms with E-state index in [0.29, 0.717) is 17.9 Å². The van der Waals surface area contributed by atoms with Gasteiger partial charge in [0.15, 0.2) is 0 Å². The van der Waals surface area contributed by atoms with Gasteiger partial charge < -0.3 is 9.84 Å². The minimum absolute atomic E-state index is 0.0384. The highest BCUT2D eigenvalue weighted by Crippen LogP contribution is 2.26. The number of esters is 1. The Morgan fingerprint density at radius 3 is 2.69 bits per heavy atom. The van der Waals surface area contributed by atoms with Gasteiger partial charge in [-0.15, -0.1) is 0 Å². The van der Waals surface area contributed by atoms with E-state index >= 15 is 0 Å². The van der Waals surface area contributed by atoms with Crippen molar-refractivity contribution in [2.45, 2.75) is 26.7 Å². The van der Waals surface area contributed by atoms with Crippen LogP contribution in [0.25, 0.3) is 0 Å². The monoisotopic (exact) mass is 224 g/mol. The van der Waals surface area contributed by atoms with E-state index in [-0.39, 0.29) is 18.5 Å². The highest BCUT2D eigenvalue weighted by molar-refractivity contribution is 5.88. The average Bonchev–Trinajstić information content (AvgIpc) is 2.50. The summed E-state index contributed by atoms with van der Waals surface area (Å²) in [6.07, 6.45) is 5.46. The maximum atomic E-state index is 11.5. The Balaban J connectivity index is 2.86. The van der Waals surface area contributed by atoms with Crippen LogP contribution in [0.2, 0.25) is 0 Å². The molecule has 0 fully saturated rings. The Morgan fingerprint density at radius 2 is 2.19 bits per heavy atom. The zero-order chi connectivity index (χ0) is 12.1. The Bertz CT molecular complexity index is 313. The van der Waals surface area contributed by atoms with E-state index in [1.165, 1.54) is 12.7 Å². The minimum atomic E-state index is -0.281. The molecule has 3 nitrogen and oxygen atoms in total. The number of aliphatic hydroxyl groups excluding tert-OH is 1. The standard InChI is InChI=1S/C13H20O3/c1-9(2)11-4-5-12(13(15)16-3)7-10(6-11)8-14/h6-7,9-10,14H,4-5,8H2,1-3H3. The SMILES string of the molecule is COC(=O)C1=CC(CO)C=C(C(C)C)CC1. The third-order valence-electron chi connectivity index (χ3n) is 2.93. The lowest BCUT2D eigenvalue weighted by atomic mass is 9.96. The van der Waals surface area contributed by atoms with Crippen molar-refractivity contribution in [3.05, 3.63) is 23.3 Å². The van der Waals surface area contributed by atoms with Crippen LogP contribution in [0.4, 0.5) is 0 Å². The zero-order valence-corrected chi connectivity index (χ0v) is 10.2. The lowest BCUT2D eigenvalue weighted by Crippen LogP contribution is -2.07. The fraction of sp³-hybridized carbons (Fsp3) is 0.615. The van der Waals surface area contributed by atoms with Crippen LogP contribution in [-0.4, -0.2) is 24.8 Å². The molecule has 1 aliphatic carbocycles. The van der Waals surface area contributed by atoms with Gasteiger partial charge in [-0.2, -0.15) is 0 Å². The summed E-state index contributed by atoms with van der Waals surface area (Å²) in [5, 5.41) is 9.25. The van der Waals surface area contributed by atoms with E-state index in [0.717, 1.165) is 6.42 Å². The average molecular weight is 224 g/mol. The van der Waals surface area contributed by atoms with E-state index in [2.05, 4.69) is 19.9 Å². The summed E-state index contributed by atoms with van der Waals surface area (Å²) in [5.74, 6) is 0.116. The number of rotatable bonds is 3. The first-order valence-electron chi connectivity index (χ1n) is 5.69. The lowest BCUT2D eigenvalue weighted by Gasteiger charge is -2.10. The van der Waals surface area contributed by atoms with Gasteiger partial charge in [0.2, 0.25) is 0 Å². The number of ether oxygens (including phenoxy) is 1. The van der Waals surface area contributed by atoms with Gasteiger partial charge in [0.25, 0.3) is 0 Å². The van der Waals surface area contributed by atoms with Gasteiger partial charge in [-0.1, -0.05) is 31.6 Å². The van der Waals surface area contributed by atoms with E-state index in [9.17, 15) is 9.90 Å². The molecule has 0 saturated heterocycles. The van der Waals surface area contributed by atoms with Crippen LogP contribution < -0.4 is 0 Å². The second kappa shape index (κ2) is 5.85. The maximum Gasteiger partial charge on any atom is 0.333 e. The molecule has 16 heavy (non-hydrogen) atoms. The number of carbonyl (C=O) groups is 1. The Labute approximate surface area is 96.8 Å². The van der Waals surface area contributed by atoms with Gasteiger partial charge in [-0.3, -0.25) is 0 Å². The molecule has 1 rings (SSSR count). The van der Waals surface area contributed by atoms with Crippen LogP contribution in [0.3, 0.4) is 0 Å². The molecule has 0 heterocycles. The van der Waals surface area contributed by atoms with Crippen LogP contribution >= 0.6 is 0 Å². The molecule has 0 saturated carbocycles. The lowest BCUT2D eigenvalue weighted by molar-refractivity contribution is -0.136. The topological polar surface area (TPSA) is 46.5 Å². The van der Waals surface area contributed by atoms with E-state index < -0.39 is 0 Å². The molecular weight excluding hydrogens is 204 g/mol. The van der Waals surface area contributed by atoms with Crippen molar-refractivity contribution in [3.63, 3.8) is 0 Å². The number of aliphatic hydroxyl groups is 1. The normalized spacial score (nSPS) is 21.2. The molecule has 0 aromatic heterocycles. The van der Waals surface area contributed by atoms with E-state index in [1.54, 1.807) is 0 Å². The molecule has 1 N–H and O–H groups in total. The molecule has 1 aliphatic rings. The molecule has 0 aromatic carbocycles. The molecule has 1 atom stereocenters. The van der Waals surface area contributed by atoms with Gasteiger partial charge in [-0.25, -0.2) is 4.79 Å². The zero-order valence-electron chi connectivity index (χ0n) is 10.2. The highest BCUT2D eigenvalue weighted by Gasteiger charge is 2.18. The Kier molecular flexibility index (Phi) is 4.74. The second-order valence-corrected chi connectivity index (χ2v) is 4.43. The molecular formula is C13H20O3. The van der Waals surface area contributed by atoms with Crippen LogP contribution in [0.1, 0.15) is 26.7 Å². The van der Waals surface area contributed by atoms with Crippen molar-refractivity contribution in [2.24, 2.45) is 11.8 Å². The summed E-state index contributed by atoms with van der Waals surface area (Å²) >= 11 is 0. The molecule has 1 unspecified atom stereocenters. The van der Waals surface area contributed by atoms with Crippen molar-refractivity contribution >= 4 is 5.97 Å². The van der Waals surface area contributed by atoms with E-state index in [4.69, 9.17) is 4.74 Å². The number of allylic oxidation sites excluding steroid dienone is 1. The molecule has 3 heteroatoms. The highest BCUT2D eigenvalue weighted by atomic mass is 16.5. The summed E-state index contributed by atoms with van der Waals surface area (Å²) in [4.78, 5) is 11.5. The Morgan fingerprint density at radius 1 is 1.50 bits per heavy atom. The predicted molar refractivity (Wildman–Crippen MR) is 62.8 cm³/mol. The van der Waals surface area contributed by atoms with Gasteiger partial charge in [-0.05, 0) is 18.8 Å². The van der Waals surface area contributed by atoms with Gasteiger partial charge in [0.1, 0.15) is 0 Å². The van der Waals surface area contributed by atoms with Crippen LogP contribution in [0, 0.1) is 11.8 Å². The molecule has 0 amide bonds. The van der Waals surface area contributed by atoms with Gasteiger partial charge in [0, 0.05) is 11.5 Å². The van der Waals surface area contributed by atoms with Gasteiger partial charge in [0.05, 0.1) is 13.7 Å². The molecule has 90 valence electrons. The first kappa shape index (κ1) is 13.0. The molecule has 0 spiro atoms. The van der Waals surface area contributed by atoms with Gasteiger partial charge >= 0.3 is 5.97 Å². The fourth-order valence-electron chi connectivity index (χ4n) is 1.91. The smallest absolute Gasteiger partial charge is 0.333 e. The summed E-state index contributed by atoms with van der Waals surface area (Å²) in [6.45, 7) is 4.30. The van der Waals surface area contributed by atoms with Crippen molar-refractivity contribution in [2.75, 3.05) is 13.7 Å². The summed E-state index contributed by atoms with van der Waals surface area (Å²) in [5.41, 5.74) is 1.97. The Hall–Kier alpha value is -1.09. The van der Waals surface area contributed by atoms with Crippen molar-refractivity contribution in [1.82, 2.24) is 0 Å². The largest absolute Gasteiger partial charge is 0.466 e. The third-order valence-corrected chi connectivity index (χ3v) is 2.93. The van der Waals surface area contributed by atoms with Crippen molar-refractivity contribution < 1.29 is 14.6 Å². The molecule has 0 aliphatic heterocycles. The number of hydrogen-bond donors (Lipinski definition) is 1. The minimum Gasteiger partial charge on any atom is -0.466 e.